The molecule has 0 spiro atoms. The van der Waals surface area contributed by atoms with E-state index in [1.807, 2.05) is 0 Å². The summed E-state index contributed by atoms with van der Waals surface area (Å²) in [6, 6.07) is 0. The van der Waals surface area contributed by atoms with Gasteiger partial charge in [-0.1, -0.05) is 0 Å². The molecule has 0 unspecified atom stereocenters. The van der Waals surface area contributed by atoms with Crippen LogP contribution >= 0.6 is 0 Å². The first kappa shape index (κ1) is 26.6. The minimum atomic E-state index is -0.885. The Labute approximate surface area is 146 Å². The fraction of sp³-hybridized carbons (Fsp3) is 0.714. The number of hydrogen-bond donors (Lipinski definition) is 2. The standard InChI is InChI=1S/2C6H10O4.2CH3.Sn/c2*1-10-6(9)4-2-3-5(7)8;;;/h2*2-4H2,1H3,(H,7,8);2*1H3;. The molecule has 2 radical (unpaired) electrons. The normalized spacial score (nSPS) is 8.52. The van der Waals surface area contributed by atoms with Crippen molar-refractivity contribution in [2.24, 2.45) is 0 Å². The number of aliphatic carboxylic acids is 2. The number of hydrogen-bond acceptors (Lipinski definition) is 6. The Kier molecular flexibility index (Phi) is 23.9. The van der Waals surface area contributed by atoms with Crippen LogP contribution in [0.3, 0.4) is 0 Å². The number of carbonyl (C=O) groups is 4. The van der Waals surface area contributed by atoms with E-state index in [0.29, 0.717) is 12.8 Å². The molecule has 0 bridgehead atoms. The van der Waals surface area contributed by atoms with Crippen LogP contribution in [0.15, 0.2) is 0 Å². The Balaban J connectivity index is -0.000000297. The molecule has 0 amide bonds. The van der Waals surface area contributed by atoms with Gasteiger partial charge in [0.1, 0.15) is 0 Å². The third-order valence-electron chi connectivity index (χ3n) is 2.00. The molecule has 134 valence electrons. The van der Waals surface area contributed by atoms with Gasteiger partial charge in [0, 0.05) is 25.7 Å². The van der Waals surface area contributed by atoms with E-state index in [-0.39, 0.29) is 58.8 Å². The van der Waals surface area contributed by atoms with Crippen molar-refractivity contribution in [2.75, 3.05) is 14.2 Å². The number of carbonyl (C=O) groups excluding carboxylic acids is 2. The van der Waals surface area contributed by atoms with Gasteiger partial charge in [-0.25, -0.2) is 0 Å². The van der Waals surface area contributed by atoms with Gasteiger partial charge in [-0.2, -0.15) is 0 Å². The van der Waals surface area contributed by atoms with Gasteiger partial charge in [-0.3, -0.25) is 19.2 Å². The number of rotatable bonds is 8. The van der Waals surface area contributed by atoms with Gasteiger partial charge >= 0.3 is 54.9 Å². The number of carboxylic acid groups (broad SMARTS) is 2. The molecular formula is C14H26O8Sn. The molecule has 0 rings (SSSR count). The Bertz CT molecular complexity index is 312. The van der Waals surface area contributed by atoms with Gasteiger partial charge in [0.25, 0.3) is 0 Å². The summed E-state index contributed by atoms with van der Waals surface area (Å²) in [5, 5.41) is 16.3. The molecular weight excluding hydrogens is 415 g/mol. The molecule has 23 heavy (non-hydrogen) atoms. The molecule has 0 aliphatic carbocycles. The maximum atomic E-state index is 10.4. The molecule has 0 saturated heterocycles. The van der Waals surface area contributed by atoms with E-state index in [9.17, 15) is 19.2 Å². The average Bonchev–Trinajstić information content (AvgIpc) is 2.47. The Morgan fingerprint density at radius 3 is 1.17 bits per heavy atom. The summed E-state index contributed by atoms with van der Waals surface area (Å²) in [7, 11) is 2.56. The van der Waals surface area contributed by atoms with E-state index < -0.39 is 11.9 Å². The van der Waals surface area contributed by atoms with Crippen LogP contribution in [0, 0.1) is 0 Å². The van der Waals surface area contributed by atoms with Crippen LogP contribution in [0.25, 0.3) is 0 Å². The van der Waals surface area contributed by atoms with Crippen molar-refractivity contribution in [1.82, 2.24) is 0 Å². The number of carboxylic acids is 2. The van der Waals surface area contributed by atoms with E-state index in [1.54, 1.807) is 0 Å². The van der Waals surface area contributed by atoms with E-state index in [4.69, 9.17) is 10.2 Å². The van der Waals surface area contributed by atoms with Crippen LogP contribution < -0.4 is 0 Å². The van der Waals surface area contributed by atoms with E-state index >= 15 is 0 Å². The van der Waals surface area contributed by atoms with Crippen LogP contribution in [0.4, 0.5) is 0 Å². The molecule has 8 nitrogen and oxygen atoms in total. The second-order valence-corrected chi connectivity index (χ2v) is 7.00. The summed E-state index contributed by atoms with van der Waals surface area (Å²) in [5.41, 5.74) is 0. The zero-order chi connectivity index (χ0) is 18.7. The Morgan fingerprint density at radius 2 is 1.00 bits per heavy atom. The topological polar surface area (TPSA) is 127 Å². The number of methoxy groups -OCH3 is 2. The molecule has 0 saturated carbocycles. The van der Waals surface area contributed by atoms with Crippen LogP contribution in [-0.2, 0) is 28.7 Å². The summed E-state index contributed by atoms with van der Waals surface area (Å²) in [6.07, 6.45) is 1.11. The van der Waals surface area contributed by atoms with Crippen molar-refractivity contribution in [1.29, 1.82) is 0 Å². The molecule has 0 aromatic heterocycles. The van der Waals surface area contributed by atoms with Gasteiger partial charge in [0.15, 0.2) is 0 Å². The zero-order valence-electron chi connectivity index (χ0n) is 14.1. The van der Waals surface area contributed by atoms with Crippen molar-refractivity contribution < 1.29 is 38.9 Å². The van der Waals surface area contributed by atoms with Crippen molar-refractivity contribution in [3.05, 3.63) is 0 Å². The van der Waals surface area contributed by atoms with Crippen LogP contribution in [0.1, 0.15) is 38.5 Å². The second-order valence-electron chi connectivity index (χ2n) is 4.15. The second kappa shape index (κ2) is 20.7. The molecule has 0 aromatic rings. The Hall–Kier alpha value is -1.32. The summed E-state index contributed by atoms with van der Waals surface area (Å²) in [6.45, 7) is 0. The predicted octanol–water partition coefficient (Wildman–Crippen LogP) is 1.62. The van der Waals surface area contributed by atoms with Gasteiger partial charge < -0.3 is 19.7 Å². The molecule has 0 aliphatic rings. The third kappa shape index (κ3) is 33.5. The van der Waals surface area contributed by atoms with E-state index in [1.165, 1.54) is 14.2 Å². The van der Waals surface area contributed by atoms with Crippen molar-refractivity contribution in [3.63, 3.8) is 0 Å². The van der Waals surface area contributed by atoms with Crippen molar-refractivity contribution >= 4 is 45.0 Å². The van der Waals surface area contributed by atoms with Crippen molar-refractivity contribution in [3.8, 4) is 0 Å². The fourth-order valence-corrected chi connectivity index (χ4v) is 0.972. The first-order valence-electron chi connectivity index (χ1n) is 6.90. The molecule has 0 aromatic carbocycles. The van der Waals surface area contributed by atoms with E-state index in [2.05, 4.69) is 19.4 Å². The summed E-state index contributed by atoms with van der Waals surface area (Å²) < 4.78 is 8.60. The van der Waals surface area contributed by atoms with Crippen LogP contribution in [0.5, 0.6) is 0 Å². The Morgan fingerprint density at radius 1 is 0.739 bits per heavy atom. The van der Waals surface area contributed by atoms with Crippen LogP contribution in [0.2, 0.25) is 9.88 Å². The van der Waals surface area contributed by atoms with E-state index in [0.717, 1.165) is 0 Å². The average molecular weight is 441 g/mol. The quantitative estimate of drug-likeness (QED) is 0.430. The summed E-state index contributed by atoms with van der Waals surface area (Å²) in [5.74, 6) is -2.49. The van der Waals surface area contributed by atoms with Crippen molar-refractivity contribution in [2.45, 2.75) is 48.4 Å². The van der Waals surface area contributed by atoms with Gasteiger partial charge in [0.05, 0.1) is 14.2 Å². The number of ether oxygens (including phenoxy) is 2. The van der Waals surface area contributed by atoms with Gasteiger partial charge in [-0.15, -0.1) is 0 Å². The molecule has 0 aliphatic heterocycles. The molecule has 0 fully saturated rings. The molecule has 2 N–H and O–H groups in total. The first-order valence-corrected chi connectivity index (χ1v) is 12.6. The van der Waals surface area contributed by atoms with Gasteiger partial charge in [-0.05, 0) is 12.8 Å². The summed E-state index contributed by atoms with van der Waals surface area (Å²) >= 11 is 0.230. The maximum absolute atomic E-state index is 10.4. The molecule has 9 heteroatoms. The third-order valence-corrected chi connectivity index (χ3v) is 2.00. The van der Waals surface area contributed by atoms with Gasteiger partial charge in [0.2, 0.25) is 0 Å². The number of esters is 2. The predicted molar refractivity (Wildman–Crippen MR) is 84.5 cm³/mol. The SMILES string of the molecule is COC(=O)CCCC(=O)O.COC(=O)CCCC(=O)O.[CH3][Sn][CH3]. The zero-order valence-corrected chi connectivity index (χ0v) is 16.9. The minimum absolute atomic E-state index is 0.0229. The summed E-state index contributed by atoms with van der Waals surface area (Å²) in [4.78, 5) is 45.2. The molecule has 0 atom stereocenters. The molecule has 0 heterocycles. The fourth-order valence-electron chi connectivity index (χ4n) is 0.972. The van der Waals surface area contributed by atoms with Crippen LogP contribution in [-0.4, -0.2) is 69.5 Å². The monoisotopic (exact) mass is 442 g/mol. The first-order chi connectivity index (χ1) is 10.7.